The highest BCUT2D eigenvalue weighted by molar-refractivity contribution is 7.55. The fraction of sp³-hybridized carbons (Fsp3) is 0.917. The molecule has 0 saturated carbocycles. The second-order valence-corrected chi connectivity index (χ2v) is 7.26. The molecule has 18 heavy (non-hydrogen) atoms. The maximum Gasteiger partial charge on any atom is 0.343 e. The molecule has 0 bridgehead atoms. The van der Waals surface area contributed by atoms with Crippen molar-refractivity contribution >= 4 is 13.5 Å². The van der Waals surface area contributed by atoms with E-state index in [9.17, 15) is 9.36 Å². The number of hydrogen-bond acceptors (Lipinski definition) is 4. The summed E-state index contributed by atoms with van der Waals surface area (Å²) in [6.07, 6.45) is 0.416. The minimum absolute atomic E-state index is 0.260. The van der Waals surface area contributed by atoms with Gasteiger partial charge >= 0.3 is 7.60 Å². The second-order valence-electron chi connectivity index (χ2n) is 5.04. The van der Waals surface area contributed by atoms with E-state index in [1.54, 1.807) is 20.8 Å². The van der Waals surface area contributed by atoms with Gasteiger partial charge in [-0.05, 0) is 41.0 Å². The highest BCUT2D eigenvalue weighted by Crippen LogP contribution is 2.54. The van der Waals surface area contributed by atoms with Gasteiger partial charge in [-0.15, -0.1) is 0 Å². The second kappa shape index (κ2) is 7.27. The Kier molecular flexibility index (Phi) is 7.11. The zero-order valence-corrected chi connectivity index (χ0v) is 13.2. The van der Waals surface area contributed by atoms with Crippen molar-refractivity contribution in [2.75, 3.05) is 13.2 Å². The Hall–Kier alpha value is -0.380. The zero-order valence-electron chi connectivity index (χ0n) is 12.3. The fourth-order valence-electron chi connectivity index (χ4n) is 1.58. The van der Waals surface area contributed by atoms with Gasteiger partial charge in [-0.2, -0.15) is 0 Å². The molecule has 0 heterocycles. The van der Waals surface area contributed by atoms with Crippen molar-refractivity contribution in [1.29, 1.82) is 0 Å². The van der Waals surface area contributed by atoms with Gasteiger partial charge in [-0.1, -0.05) is 6.92 Å². The van der Waals surface area contributed by atoms with E-state index in [4.69, 9.17) is 9.05 Å². The van der Waals surface area contributed by atoms with Gasteiger partial charge in [0.05, 0.1) is 13.2 Å². The number of rotatable bonds is 7. The van der Waals surface area contributed by atoms with Crippen LogP contribution in [0.15, 0.2) is 0 Å². The molecule has 0 saturated heterocycles. The third kappa shape index (κ3) is 5.51. The van der Waals surface area contributed by atoms with Crippen LogP contribution in [0.3, 0.4) is 0 Å². The molecular weight excluding hydrogens is 253 g/mol. The first-order chi connectivity index (χ1) is 8.20. The third-order valence-corrected chi connectivity index (χ3v) is 4.79. The van der Waals surface area contributed by atoms with Gasteiger partial charge in [-0.25, -0.2) is 0 Å². The molecule has 0 aliphatic heterocycles. The van der Waals surface area contributed by atoms with Crippen LogP contribution in [0.5, 0.6) is 0 Å². The van der Waals surface area contributed by atoms with E-state index in [2.05, 4.69) is 5.32 Å². The summed E-state index contributed by atoms with van der Waals surface area (Å²) in [6, 6.07) is 0. The molecule has 6 heteroatoms. The normalized spacial score (nSPS) is 14.3. The molecule has 0 rings (SSSR count). The van der Waals surface area contributed by atoms with Gasteiger partial charge in [0.15, 0.2) is 0 Å². The van der Waals surface area contributed by atoms with Gasteiger partial charge in [0.2, 0.25) is 5.91 Å². The predicted octanol–water partition coefficient (Wildman–Crippen LogP) is 2.95. The first-order valence-electron chi connectivity index (χ1n) is 6.41. The van der Waals surface area contributed by atoms with E-state index in [0.717, 1.165) is 0 Å². The highest BCUT2D eigenvalue weighted by Gasteiger charge is 2.40. The van der Waals surface area contributed by atoms with Crippen molar-refractivity contribution in [2.24, 2.45) is 0 Å². The lowest BCUT2D eigenvalue weighted by atomic mass is 10.1. The maximum atomic E-state index is 12.6. The summed E-state index contributed by atoms with van der Waals surface area (Å²) in [6.45, 7) is 11.4. The Morgan fingerprint density at radius 2 is 1.61 bits per heavy atom. The SMILES string of the molecule is CCOP(=O)(OCC)C(CC)C(=O)NC(C)(C)C. The van der Waals surface area contributed by atoms with Crippen molar-refractivity contribution in [3.05, 3.63) is 0 Å². The lowest BCUT2D eigenvalue weighted by molar-refractivity contribution is -0.122. The van der Waals surface area contributed by atoms with Crippen molar-refractivity contribution in [3.63, 3.8) is 0 Å². The Labute approximate surface area is 110 Å². The van der Waals surface area contributed by atoms with E-state index in [1.807, 2.05) is 20.8 Å². The minimum atomic E-state index is -3.38. The summed E-state index contributed by atoms with van der Waals surface area (Å²) in [5.41, 5.74) is -1.12. The summed E-state index contributed by atoms with van der Waals surface area (Å²) in [5.74, 6) is -0.282. The van der Waals surface area contributed by atoms with Crippen LogP contribution in [0, 0.1) is 0 Å². The summed E-state index contributed by atoms with van der Waals surface area (Å²) >= 11 is 0. The molecule has 0 aliphatic carbocycles. The van der Waals surface area contributed by atoms with Gasteiger partial charge in [0.1, 0.15) is 5.66 Å². The topological polar surface area (TPSA) is 64.6 Å². The van der Waals surface area contributed by atoms with Crippen LogP contribution in [0.4, 0.5) is 0 Å². The fourth-order valence-corrected chi connectivity index (χ4v) is 3.54. The number of hydrogen-bond donors (Lipinski definition) is 1. The molecule has 0 aromatic carbocycles. The van der Waals surface area contributed by atoms with Crippen LogP contribution in [-0.4, -0.2) is 30.3 Å². The van der Waals surface area contributed by atoms with E-state index in [0.29, 0.717) is 6.42 Å². The van der Waals surface area contributed by atoms with Crippen molar-refractivity contribution < 1.29 is 18.4 Å². The van der Waals surface area contributed by atoms with Gasteiger partial charge < -0.3 is 14.4 Å². The molecule has 1 N–H and O–H groups in total. The first kappa shape index (κ1) is 17.6. The number of carbonyl (C=O) groups is 1. The van der Waals surface area contributed by atoms with Crippen LogP contribution < -0.4 is 5.32 Å². The van der Waals surface area contributed by atoms with E-state index in [-0.39, 0.29) is 24.7 Å². The number of carbonyl (C=O) groups excluding carboxylic acids is 1. The molecular formula is C12H26NO4P. The average Bonchev–Trinajstić information content (AvgIpc) is 2.15. The molecule has 1 atom stereocenters. The van der Waals surface area contributed by atoms with Crippen LogP contribution >= 0.6 is 7.60 Å². The van der Waals surface area contributed by atoms with Gasteiger partial charge in [0.25, 0.3) is 0 Å². The summed E-state index contributed by atoms with van der Waals surface area (Å²) in [7, 11) is -3.38. The number of nitrogens with one attached hydrogen (secondary N) is 1. The summed E-state index contributed by atoms with van der Waals surface area (Å²) in [5, 5.41) is 2.82. The molecule has 0 aromatic heterocycles. The first-order valence-corrected chi connectivity index (χ1v) is 8.02. The molecule has 108 valence electrons. The molecule has 1 amide bonds. The molecule has 5 nitrogen and oxygen atoms in total. The third-order valence-electron chi connectivity index (χ3n) is 2.19. The average molecular weight is 279 g/mol. The molecule has 0 fully saturated rings. The Morgan fingerprint density at radius 1 is 1.17 bits per heavy atom. The van der Waals surface area contributed by atoms with Gasteiger partial charge in [0, 0.05) is 5.54 Å². The molecule has 1 unspecified atom stereocenters. The van der Waals surface area contributed by atoms with Crippen LogP contribution in [0.25, 0.3) is 0 Å². The molecule has 0 spiro atoms. The summed E-state index contributed by atoms with van der Waals surface area (Å²) < 4.78 is 23.0. The molecule has 0 aromatic rings. The van der Waals surface area contributed by atoms with Crippen LogP contribution in [0.1, 0.15) is 48.0 Å². The maximum absolute atomic E-state index is 12.6. The molecule has 0 radical (unpaired) electrons. The number of amides is 1. The molecule has 0 aliphatic rings. The van der Waals surface area contributed by atoms with Gasteiger partial charge in [-0.3, -0.25) is 9.36 Å². The highest BCUT2D eigenvalue weighted by atomic mass is 31.2. The largest absolute Gasteiger partial charge is 0.351 e. The van der Waals surface area contributed by atoms with Crippen molar-refractivity contribution in [2.45, 2.75) is 59.2 Å². The lowest BCUT2D eigenvalue weighted by Gasteiger charge is -2.28. The van der Waals surface area contributed by atoms with Crippen LogP contribution in [0.2, 0.25) is 0 Å². The van der Waals surface area contributed by atoms with Crippen molar-refractivity contribution in [1.82, 2.24) is 5.32 Å². The van der Waals surface area contributed by atoms with E-state index >= 15 is 0 Å². The minimum Gasteiger partial charge on any atom is -0.351 e. The van der Waals surface area contributed by atoms with Crippen LogP contribution in [-0.2, 0) is 18.4 Å². The quantitative estimate of drug-likeness (QED) is 0.728. The summed E-state index contributed by atoms with van der Waals surface area (Å²) in [4.78, 5) is 12.1. The van der Waals surface area contributed by atoms with E-state index in [1.165, 1.54) is 0 Å². The van der Waals surface area contributed by atoms with E-state index < -0.39 is 13.3 Å². The Morgan fingerprint density at radius 3 is 1.89 bits per heavy atom. The predicted molar refractivity (Wildman–Crippen MR) is 72.8 cm³/mol. The Bertz CT molecular complexity index is 302. The van der Waals surface area contributed by atoms with Crippen molar-refractivity contribution in [3.8, 4) is 0 Å². The Balaban J connectivity index is 5.01. The smallest absolute Gasteiger partial charge is 0.343 e. The zero-order chi connectivity index (χ0) is 14.4. The monoisotopic (exact) mass is 279 g/mol. The lowest BCUT2D eigenvalue weighted by Crippen LogP contribution is -2.46. The standard InChI is InChI=1S/C12H26NO4P/c1-7-10(11(14)13-12(4,5)6)18(15,16-8-2)17-9-3/h10H,7-9H2,1-6H3,(H,13,14).